The molecule has 2 aromatic rings. The molecule has 0 N–H and O–H groups in total. The lowest BCUT2D eigenvalue weighted by atomic mass is 10.1. The minimum absolute atomic E-state index is 0.201. The molecule has 1 aromatic carbocycles. The van der Waals surface area contributed by atoms with Gasteiger partial charge in [0.25, 0.3) is 5.69 Å². The van der Waals surface area contributed by atoms with Gasteiger partial charge in [-0.15, -0.1) is 0 Å². The summed E-state index contributed by atoms with van der Waals surface area (Å²) in [5.41, 5.74) is -0.141. The molecule has 0 saturated heterocycles. The van der Waals surface area contributed by atoms with Gasteiger partial charge in [-0.25, -0.2) is 9.37 Å². The lowest BCUT2D eigenvalue weighted by molar-refractivity contribution is -0.384. The molecule has 16 heavy (non-hydrogen) atoms. The molecule has 0 aliphatic rings. The van der Waals surface area contributed by atoms with Gasteiger partial charge in [-0.2, -0.15) is 5.10 Å². The summed E-state index contributed by atoms with van der Waals surface area (Å²) in [5.74, 6) is -0.458. The Labute approximate surface area is 89.5 Å². The third kappa shape index (κ3) is 1.74. The Kier molecular flexibility index (Phi) is 2.35. The molecule has 0 radical (unpaired) electrons. The largest absolute Gasteiger partial charge is 0.283 e. The van der Waals surface area contributed by atoms with Crippen LogP contribution in [0.5, 0.6) is 0 Å². The van der Waals surface area contributed by atoms with Crippen molar-refractivity contribution in [1.82, 2.24) is 14.8 Å². The number of aryl methyl sites for hydroxylation is 1. The monoisotopic (exact) mass is 222 g/mol. The van der Waals surface area contributed by atoms with Gasteiger partial charge in [0.05, 0.1) is 16.6 Å². The van der Waals surface area contributed by atoms with Crippen molar-refractivity contribution in [1.29, 1.82) is 0 Å². The molecule has 0 spiro atoms. The van der Waals surface area contributed by atoms with Crippen LogP contribution in [0.15, 0.2) is 24.5 Å². The van der Waals surface area contributed by atoms with E-state index in [1.165, 1.54) is 17.1 Å². The summed E-state index contributed by atoms with van der Waals surface area (Å²) in [6.45, 7) is 0. The predicted molar refractivity (Wildman–Crippen MR) is 53.1 cm³/mol. The zero-order valence-corrected chi connectivity index (χ0v) is 8.29. The number of nitro benzene ring substituents is 1. The number of rotatable bonds is 2. The minimum Gasteiger partial charge on any atom is -0.258 e. The topological polar surface area (TPSA) is 73.8 Å². The molecule has 1 aromatic heterocycles. The maximum Gasteiger partial charge on any atom is 0.283 e. The highest BCUT2D eigenvalue weighted by Gasteiger charge is 2.18. The van der Waals surface area contributed by atoms with Crippen molar-refractivity contribution >= 4 is 5.69 Å². The van der Waals surface area contributed by atoms with E-state index in [2.05, 4.69) is 10.1 Å². The number of benzene rings is 1. The van der Waals surface area contributed by atoms with Crippen LogP contribution in [0.4, 0.5) is 10.1 Å². The maximum absolute atomic E-state index is 12.9. The second kappa shape index (κ2) is 3.69. The van der Waals surface area contributed by atoms with Crippen LogP contribution in [0.1, 0.15) is 0 Å². The Morgan fingerprint density at radius 3 is 2.81 bits per heavy atom. The molecular weight excluding hydrogens is 215 g/mol. The first kappa shape index (κ1) is 10.2. The van der Waals surface area contributed by atoms with Crippen molar-refractivity contribution in [3.63, 3.8) is 0 Å². The lowest BCUT2D eigenvalue weighted by Gasteiger charge is -1.98. The van der Waals surface area contributed by atoms with Crippen LogP contribution in [0, 0.1) is 15.9 Å². The molecule has 7 heteroatoms. The number of aromatic nitrogens is 3. The Bertz CT molecular complexity index is 552. The third-order valence-electron chi connectivity index (χ3n) is 2.00. The summed E-state index contributed by atoms with van der Waals surface area (Å²) in [4.78, 5) is 14.0. The van der Waals surface area contributed by atoms with Crippen molar-refractivity contribution in [3.8, 4) is 11.4 Å². The average molecular weight is 222 g/mol. The molecule has 0 aliphatic carbocycles. The van der Waals surface area contributed by atoms with Crippen LogP contribution in [0.3, 0.4) is 0 Å². The highest BCUT2D eigenvalue weighted by atomic mass is 19.1. The van der Waals surface area contributed by atoms with E-state index < -0.39 is 10.7 Å². The van der Waals surface area contributed by atoms with E-state index in [1.807, 2.05) is 0 Å². The zero-order valence-electron chi connectivity index (χ0n) is 8.29. The maximum atomic E-state index is 12.9. The van der Waals surface area contributed by atoms with E-state index >= 15 is 0 Å². The highest BCUT2D eigenvalue weighted by molar-refractivity contribution is 5.67. The number of hydrogen-bond donors (Lipinski definition) is 0. The number of halogens is 1. The smallest absolute Gasteiger partial charge is 0.258 e. The quantitative estimate of drug-likeness (QED) is 0.570. The Morgan fingerprint density at radius 1 is 1.50 bits per heavy atom. The van der Waals surface area contributed by atoms with E-state index in [4.69, 9.17) is 0 Å². The van der Waals surface area contributed by atoms with E-state index in [0.29, 0.717) is 0 Å². The Morgan fingerprint density at radius 2 is 2.25 bits per heavy atom. The fourth-order valence-corrected chi connectivity index (χ4v) is 1.31. The molecule has 0 unspecified atom stereocenters. The zero-order chi connectivity index (χ0) is 11.7. The highest BCUT2D eigenvalue weighted by Crippen LogP contribution is 2.27. The Balaban J connectivity index is 2.60. The number of nitro groups is 1. The van der Waals surface area contributed by atoms with Gasteiger partial charge >= 0.3 is 0 Å². The van der Waals surface area contributed by atoms with Gasteiger partial charge in [-0.3, -0.25) is 14.8 Å². The van der Waals surface area contributed by atoms with Crippen LogP contribution in [-0.2, 0) is 7.05 Å². The first-order chi connectivity index (χ1) is 7.58. The summed E-state index contributed by atoms with van der Waals surface area (Å²) in [7, 11) is 1.64. The fourth-order valence-electron chi connectivity index (χ4n) is 1.31. The van der Waals surface area contributed by atoms with Crippen LogP contribution in [0.25, 0.3) is 11.4 Å². The van der Waals surface area contributed by atoms with Gasteiger partial charge in [-0.05, 0) is 12.1 Å². The summed E-state index contributed by atoms with van der Waals surface area (Å²) < 4.78 is 14.3. The van der Waals surface area contributed by atoms with Crippen molar-refractivity contribution in [3.05, 3.63) is 40.5 Å². The second-order valence-electron chi connectivity index (χ2n) is 3.16. The molecule has 2 rings (SSSR count). The molecular formula is C9H7FN4O2. The molecule has 82 valence electrons. The first-order valence-electron chi connectivity index (χ1n) is 4.38. The molecule has 0 amide bonds. The van der Waals surface area contributed by atoms with Crippen molar-refractivity contribution in [2.45, 2.75) is 0 Å². The average Bonchev–Trinajstić information content (AvgIpc) is 2.64. The third-order valence-corrected chi connectivity index (χ3v) is 2.00. The van der Waals surface area contributed by atoms with Crippen molar-refractivity contribution in [2.75, 3.05) is 0 Å². The first-order valence-corrected chi connectivity index (χ1v) is 4.38. The fraction of sp³-hybridized carbons (Fsp3) is 0.111. The summed E-state index contributed by atoms with van der Waals surface area (Å²) in [6.07, 6.45) is 1.42. The molecule has 1 heterocycles. The molecule has 0 aliphatic heterocycles. The Hall–Kier alpha value is -2.31. The van der Waals surface area contributed by atoms with Gasteiger partial charge in [0.2, 0.25) is 0 Å². The normalized spacial score (nSPS) is 10.4. The van der Waals surface area contributed by atoms with E-state index in [-0.39, 0.29) is 17.1 Å². The number of nitrogens with zero attached hydrogens (tertiary/aromatic N) is 4. The molecule has 0 saturated carbocycles. The van der Waals surface area contributed by atoms with Gasteiger partial charge in [0.15, 0.2) is 5.82 Å². The molecule has 0 atom stereocenters. The van der Waals surface area contributed by atoms with E-state index in [9.17, 15) is 14.5 Å². The predicted octanol–water partition coefficient (Wildman–Crippen LogP) is 1.53. The van der Waals surface area contributed by atoms with E-state index in [0.717, 1.165) is 12.1 Å². The molecule has 0 fully saturated rings. The lowest BCUT2D eigenvalue weighted by Crippen LogP contribution is -1.95. The summed E-state index contributed by atoms with van der Waals surface area (Å²) in [5, 5.41) is 14.7. The van der Waals surface area contributed by atoms with Gasteiger partial charge in [0, 0.05) is 7.05 Å². The standard InChI is InChI=1S/C9H7FN4O2/c1-13-5-11-9(12-13)7-3-2-6(10)4-8(7)14(15)16/h2-5H,1H3. The van der Waals surface area contributed by atoms with Gasteiger partial charge < -0.3 is 0 Å². The van der Waals surface area contributed by atoms with Gasteiger partial charge in [0.1, 0.15) is 12.1 Å². The van der Waals surface area contributed by atoms with Crippen molar-refractivity contribution < 1.29 is 9.31 Å². The molecule has 6 nitrogen and oxygen atoms in total. The SMILES string of the molecule is Cn1cnc(-c2ccc(F)cc2[N+](=O)[O-])n1. The summed E-state index contributed by atoms with van der Waals surface area (Å²) in [6, 6.07) is 3.28. The van der Waals surface area contributed by atoms with Crippen LogP contribution < -0.4 is 0 Å². The van der Waals surface area contributed by atoms with Gasteiger partial charge in [-0.1, -0.05) is 0 Å². The van der Waals surface area contributed by atoms with Crippen LogP contribution in [0.2, 0.25) is 0 Å². The van der Waals surface area contributed by atoms with Crippen molar-refractivity contribution in [2.24, 2.45) is 7.05 Å². The number of hydrogen-bond acceptors (Lipinski definition) is 4. The minimum atomic E-state index is -0.661. The second-order valence-corrected chi connectivity index (χ2v) is 3.16. The van der Waals surface area contributed by atoms with Crippen LogP contribution in [-0.4, -0.2) is 19.7 Å². The van der Waals surface area contributed by atoms with Crippen LogP contribution >= 0.6 is 0 Å². The molecule has 0 bridgehead atoms. The summed E-state index contributed by atoms with van der Waals surface area (Å²) >= 11 is 0. The van der Waals surface area contributed by atoms with E-state index in [1.54, 1.807) is 7.05 Å².